The number of rotatable bonds is 4. The lowest BCUT2D eigenvalue weighted by molar-refractivity contribution is -0.132. The van der Waals surface area contributed by atoms with Gasteiger partial charge in [0.15, 0.2) is 0 Å². The third-order valence-corrected chi connectivity index (χ3v) is 5.14. The summed E-state index contributed by atoms with van der Waals surface area (Å²) >= 11 is 5.97. The minimum absolute atomic E-state index is 0.0217. The van der Waals surface area contributed by atoms with E-state index in [2.05, 4.69) is 10.6 Å². The summed E-state index contributed by atoms with van der Waals surface area (Å²) in [5.41, 5.74) is 1.10. The molecule has 0 radical (unpaired) electrons. The van der Waals surface area contributed by atoms with Crippen LogP contribution in [0.2, 0.25) is 5.02 Å². The van der Waals surface area contributed by atoms with Crippen molar-refractivity contribution in [1.29, 1.82) is 0 Å². The molecule has 5 nitrogen and oxygen atoms in total. The largest absolute Gasteiger partial charge is 0.351 e. The van der Waals surface area contributed by atoms with Crippen LogP contribution in [0.4, 0.5) is 10.5 Å². The molecule has 0 unspecified atom stereocenters. The number of likely N-dealkylation sites (tertiary alicyclic amines) is 1. The maximum Gasteiger partial charge on any atom is 0.321 e. The molecule has 1 saturated heterocycles. The molecule has 3 rings (SSSR count). The molecule has 2 N–H and O–H groups in total. The number of anilines is 1. The summed E-state index contributed by atoms with van der Waals surface area (Å²) in [4.78, 5) is 27.1. The average Bonchev–Trinajstić information content (AvgIpc) is 2.67. The first-order valence-corrected chi connectivity index (χ1v) is 9.48. The van der Waals surface area contributed by atoms with Crippen LogP contribution < -0.4 is 10.6 Å². The lowest BCUT2D eigenvalue weighted by Gasteiger charge is -2.39. The van der Waals surface area contributed by atoms with Crippen LogP contribution in [0, 0.1) is 5.41 Å². The summed E-state index contributed by atoms with van der Waals surface area (Å²) in [7, 11) is 0. The topological polar surface area (TPSA) is 61.4 Å². The van der Waals surface area contributed by atoms with Gasteiger partial charge in [-0.2, -0.15) is 0 Å². The quantitative estimate of drug-likeness (QED) is 0.824. The second-order valence-electron chi connectivity index (χ2n) is 7.19. The van der Waals surface area contributed by atoms with Crippen molar-refractivity contribution in [3.63, 3.8) is 0 Å². The molecule has 142 valence electrons. The van der Waals surface area contributed by atoms with Gasteiger partial charge in [-0.05, 0) is 43.5 Å². The van der Waals surface area contributed by atoms with E-state index in [0.29, 0.717) is 30.3 Å². The first kappa shape index (κ1) is 19.2. The van der Waals surface area contributed by atoms with Crippen LogP contribution in [0.3, 0.4) is 0 Å². The lowest BCUT2D eigenvalue weighted by atomic mass is 9.81. The normalized spacial score (nSPS) is 19.4. The van der Waals surface area contributed by atoms with Crippen LogP contribution in [-0.2, 0) is 11.3 Å². The fourth-order valence-electron chi connectivity index (χ4n) is 3.36. The van der Waals surface area contributed by atoms with Gasteiger partial charge in [-0.3, -0.25) is 4.79 Å². The van der Waals surface area contributed by atoms with Gasteiger partial charge >= 0.3 is 6.03 Å². The van der Waals surface area contributed by atoms with E-state index in [9.17, 15) is 9.59 Å². The maximum atomic E-state index is 12.8. The number of carbonyl (C=O) groups is 2. The summed E-state index contributed by atoms with van der Waals surface area (Å²) in [5, 5.41) is 6.44. The number of hydrogen-bond donors (Lipinski definition) is 2. The van der Waals surface area contributed by atoms with Crippen molar-refractivity contribution in [2.75, 3.05) is 18.4 Å². The molecule has 1 aliphatic heterocycles. The first-order chi connectivity index (χ1) is 13.0. The Hall–Kier alpha value is -2.53. The van der Waals surface area contributed by atoms with Crippen molar-refractivity contribution in [3.05, 3.63) is 65.2 Å². The highest BCUT2D eigenvalue weighted by molar-refractivity contribution is 6.30. The Morgan fingerprint density at radius 1 is 1.15 bits per heavy atom. The van der Waals surface area contributed by atoms with Gasteiger partial charge in [0, 0.05) is 30.3 Å². The SMILES string of the molecule is C[C@@]1(C(=O)NCc2ccccc2)CCCN(C(=O)Nc2cccc(Cl)c2)C1. The van der Waals surface area contributed by atoms with Crippen molar-refractivity contribution in [3.8, 4) is 0 Å². The molecule has 6 heteroatoms. The zero-order valence-electron chi connectivity index (χ0n) is 15.4. The second-order valence-corrected chi connectivity index (χ2v) is 7.63. The molecule has 0 aromatic heterocycles. The molecule has 2 aromatic carbocycles. The van der Waals surface area contributed by atoms with Crippen LogP contribution >= 0.6 is 11.6 Å². The molecule has 27 heavy (non-hydrogen) atoms. The van der Waals surface area contributed by atoms with Gasteiger partial charge in [-0.25, -0.2) is 4.79 Å². The van der Waals surface area contributed by atoms with Gasteiger partial charge in [0.2, 0.25) is 5.91 Å². The molecule has 0 spiro atoms. The molecule has 0 aliphatic carbocycles. The fourth-order valence-corrected chi connectivity index (χ4v) is 3.55. The maximum absolute atomic E-state index is 12.8. The average molecular weight is 386 g/mol. The number of halogens is 1. The highest BCUT2D eigenvalue weighted by Gasteiger charge is 2.39. The van der Waals surface area contributed by atoms with Gasteiger partial charge in [-0.15, -0.1) is 0 Å². The summed E-state index contributed by atoms with van der Waals surface area (Å²) in [5.74, 6) is -0.0217. The van der Waals surface area contributed by atoms with Crippen LogP contribution in [0.15, 0.2) is 54.6 Å². The third-order valence-electron chi connectivity index (χ3n) is 4.90. The van der Waals surface area contributed by atoms with E-state index in [1.165, 1.54) is 0 Å². The summed E-state index contributed by atoms with van der Waals surface area (Å²) in [6.45, 7) is 3.43. The van der Waals surface area contributed by atoms with E-state index in [0.717, 1.165) is 18.4 Å². The second kappa shape index (κ2) is 8.44. The van der Waals surface area contributed by atoms with E-state index in [1.807, 2.05) is 37.3 Å². The molecular formula is C21H24ClN3O2. The van der Waals surface area contributed by atoms with Gasteiger partial charge in [-0.1, -0.05) is 48.0 Å². The molecule has 1 fully saturated rings. The van der Waals surface area contributed by atoms with Crippen molar-refractivity contribution in [2.24, 2.45) is 5.41 Å². The minimum atomic E-state index is -0.599. The predicted octanol–water partition coefficient (Wildman–Crippen LogP) is 4.29. The number of urea groups is 1. The number of carbonyl (C=O) groups excluding carboxylic acids is 2. The van der Waals surface area contributed by atoms with E-state index in [4.69, 9.17) is 11.6 Å². The number of nitrogens with zero attached hydrogens (tertiary/aromatic N) is 1. The Bertz CT molecular complexity index is 812. The van der Waals surface area contributed by atoms with Crippen molar-refractivity contribution in [2.45, 2.75) is 26.3 Å². The zero-order chi connectivity index (χ0) is 19.3. The van der Waals surface area contributed by atoms with Crippen LogP contribution in [0.1, 0.15) is 25.3 Å². The Morgan fingerprint density at radius 3 is 2.67 bits per heavy atom. The predicted molar refractivity (Wildman–Crippen MR) is 108 cm³/mol. The van der Waals surface area contributed by atoms with Crippen molar-refractivity contribution < 1.29 is 9.59 Å². The van der Waals surface area contributed by atoms with Gasteiger partial charge in [0.05, 0.1) is 5.41 Å². The summed E-state index contributed by atoms with van der Waals surface area (Å²) in [6, 6.07) is 16.6. The van der Waals surface area contributed by atoms with Crippen LogP contribution in [0.5, 0.6) is 0 Å². The standard InChI is InChI=1S/C21H24ClN3O2/c1-21(19(26)23-14-16-7-3-2-4-8-16)11-6-12-25(15-21)20(27)24-18-10-5-9-17(22)13-18/h2-5,7-10,13H,6,11-12,14-15H2,1H3,(H,23,26)(H,24,27)/t21-/m1/s1. The Balaban J connectivity index is 1.59. The van der Waals surface area contributed by atoms with E-state index in [1.54, 1.807) is 29.2 Å². The third kappa shape index (κ3) is 5.01. The molecular weight excluding hydrogens is 362 g/mol. The summed E-state index contributed by atoms with van der Waals surface area (Å²) in [6.07, 6.45) is 1.55. The van der Waals surface area contributed by atoms with Crippen LogP contribution in [-0.4, -0.2) is 29.9 Å². The first-order valence-electron chi connectivity index (χ1n) is 9.10. The van der Waals surface area contributed by atoms with Crippen molar-refractivity contribution in [1.82, 2.24) is 10.2 Å². The Morgan fingerprint density at radius 2 is 1.93 bits per heavy atom. The van der Waals surface area contributed by atoms with Crippen LogP contribution in [0.25, 0.3) is 0 Å². The van der Waals surface area contributed by atoms with Gasteiger partial charge < -0.3 is 15.5 Å². The lowest BCUT2D eigenvalue weighted by Crippen LogP contribution is -2.52. The molecule has 0 bridgehead atoms. The smallest absolute Gasteiger partial charge is 0.321 e. The Labute approximate surface area is 164 Å². The minimum Gasteiger partial charge on any atom is -0.351 e. The highest BCUT2D eigenvalue weighted by Crippen LogP contribution is 2.30. The number of piperidine rings is 1. The molecule has 1 heterocycles. The van der Waals surface area contributed by atoms with E-state index in [-0.39, 0.29) is 11.9 Å². The monoisotopic (exact) mass is 385 g/mol. The molecule has 2 aromatic rings. The highest BCUT2D eigenvalue weighted by atomic mass is 35.5. The van der Waals surface area contributed by atoms with E-state index < -0.39 is 5.41 Å². The van der Waals surface area contributed by atoms with Crippen molar-refractivity contribution >= 4 is 29.2 Å². The van der Waals surface area contributed by atoms with Gasteiger partial charge in [0.25, 0.3) is 0 Å². The van der Waals surface area contributed by atoms with E-state index >= 15 is 0 Å². The number of hydrogen-bond acceptors (Lipinski definition) is 2. The molecule has 0 saturated carbocycles. The zero-order valence-corrected chi connectivity index (χ0v) is 16.1. The molecule has 3 amide bonds. The Kier molecular flexibility index (Phi) is 6.01. The molecule has 1 aliphatic rings. The molecule has 1 atom stereocenters. The number of benzene rings is 2. The summed E-state index contributed by atoms with van der Waals surface area (Å²) < 4.78 is 0. The number of amides is 3. The van der Waals surface area contributed by atoms with Gasteiger partial charge in [0.1, 0.15) is 0 Å². The number of nitrogens with one attached hydrogen (secondary N) is 2. The fraction of sp³-hybridized carbons (Fsp3) is 0.333.